The molecule has 28 heavy (non-hydrogen) atoms. The molecule has 0 saturated carbocycles. The van der Waals surface area contributed by atoms with Crippen LogP contribution in [0.5, 0.6) is 0 Å². The highest BCUT2D eigenvalue weighted by molar-refractivity contribution is 6.17. The van der Waals surface area contributed by atoms with Crippen LogP contribution in [0.25, 0.3) is 22.3 Å². The van der Waals surface area contributed by atoms with Gasteiger partial charge in [0.05, 0.1) is 11.4 Å². The molecule has 4 N–H and O–H groups in total. The Labute approximate surface area is 164 Å². The molecule has 0 aliphatic rings. The van der Waals surface area contributed by atoms with Gasteiger partial charge in [-0.3, -0.25) is 4.79 Å². The van der Waals surface area contributed by atoms with E-state index in [1.54, 1.807) is 12.1 Å². The Morgan fingerprint density at radius 2 is 0.893 bits per heavy atom. The predicted octanol–water partition coefficient (Wildman–Crippen LogP) is 5.42. The number of carbonyl (C=O) groups is 1. The molecular formula is C25H20N2O. The fourth-order valence-corrected chi connectivity index (χ4v) is 3.41. The molecular weight excluding hydrogens is 344 g/mol. The lowest BCUT2D eigenvalue weighted by Crippen LogP contribution is -2.09. The van der Waals surface area contributed by atoms with Crippen molar-refractivity contribution in [1.29, 1.82) is 0 Å². The van der Waals surface area contributed by atoms with E-state index in [9.17, 15) is 4.79 Å². The van der Waals surface area contributed by atoms with Gasteiger partial charge in [0.1, 0.15) is 0 Å². The molecule has 0 amide bonds. The molecule has 4 rings (SSSR count). The topological polar surface area (TPSA) is 69.1 Å². The normalized spacial score (nSPS) is 10.6. The van der Waals surface area contributed by atoms with E-state index in [0.29, 0.717) is 22.5 Å². The van der Waals surface area contributed by atoms with E-state index in [0.717, 1.165) is 22.3 Å². The Bertz CT molecular complexity index is 1040. The minimum Gasteiger partial charge on any atom is -0.398 e. The molecule has 0 radical (unpaired) electrons. The predicted molar refractivity (Wildman–Crippen MR) is 116 cm³/mol. The van der Waals surface area contributed by atoms with Crippen LogP contribution >= 0.6 is 0 Å². The van der Waals surface area contributed by atoms with Gasteiger partial charge in [-0.25, -0.2) is 0 Å². The first-order valence-corrected chi connectivity index (χ1v) is 9.09. The SMILES string of the molecule is Nc1c(C(=O)c2cccc(-c3ccccc3)c2N)cccc1-c1ccccc1. The zero-order valence-corrected chi connectivity index (χ0v) is 15.3. The lowest BCUT2D eigenvalue weighted by Gasteiger charge is -2.14. The summed E-state index contributed by atoms with van der Waals surface area (Å²) in [6.45, 7) is 0. The van der Waals surface area contributed by atoms with Gasteiger partial charge in [-0.15, -0.1) is 0 Å². The molecule has 3 heteroatoms. The number of ketones is 1. The monoisotopic (exact) mass is 364 g/mol. The maximum Gasteiger partial charge on any atom is 0.197 e. The summed E-state index contributed by atoms with van der Waals surface area (Å²) in [6.07, 6.45) is 0. The molecule has 0 aromatic heterocycles. The second-order valence-electron chi connectivity index (χ2n) is 6.59. The van der Waals surface area contributed by atoms with Gasteiger partial charge >= 0.3 is 0 Å². The Hall–Kier alpha value is -3.85. The van der Waals surface area contributed by atoms with Crippen LogP contribution in [0.4, 0.5) is 11.4 Å². The Morgan fingerprint density at radius 3 is 1.29 bits per heavy atom. The second kappa shape index (κ2) is 7.41. The van der Waals surface area contributed by atoms with E-state index in [2.05, 4.69) is 0 Å². The Morgan fingerprint density at radius 1 is 0.500 bits per heavy atom. The molecule has 3 nitrogen and oxygen atoms in total. The van der Waals surface area contributed by atoms with Gasteiger partial charge < -0.3 is 11.5 Å². The molecule has 0 unspecified atom stereocenters. The lowest BCUT2D eigenvalue weighted by molar-refractivity contribution is 0.104. The summed E-state index contributed by atoms with van der Waals surface area (Å²) in [6, 6.07) is 30.6. The summed E-state index contributed by atoms with van der Waals surface area (Å²) in [5.74, 6) is -0.175. The third kappa shape index (κ3) is 3.14. The van der Waals surface area contributed by atoms with Gasteiger partial charge in [-0.2, -0.15) is 0 Å². The van der Waals surface area contributed by atoms with E-state index in [1.807, 2.05) is 84.9 Å². The number of para-hydroxylation sites is 2. The van der Waals surface area contributed by atoms with Crippen molar-refractivity contribution in [1.82, 2.24) is 0 Å². The number of hydrogen-bond donors (Lipinski definition) is 2. The van der Waals surface area contributed by atoms with Gasteiger partial charge in [0.25, 0.3) is 0 Å². The summed E-state index contributed by atoms with van der Waals surface area (Å²) >= 11 is 0. The van der Waals surface area contributed by atoms with E-state index >= 15 is 0 Å². The van der Waals surface area contributed by atoms with E-state index < -0.39 is 0 Å². The first-order chi connectivity index (χ1) is 13.7. The summed E-state index contributed by atoms with van der Waals surface area (Å²) in [7, 11) is 0. The van der Waals surface area contributed by atoms with Crippen molar-refractivity contribution in [3.8, 4) is 22.3 Å². The standard InChI is InChI=1S/C25H20N2O/c26-23-19(17-9-3-1-4-10-17)13-7-15-21(23)25(28)22-16-8-14-20(24(22)27)18-11-5-2-6-12-18/h1-16H,26-27H2. The summed E-state index contributed by atoms with van der Waals surface area (Å²) in [5, 5.41) is 0. The number of benzene rings is 4. The second-order valence-corrected chi connectivity index (χ2v) is 6.59. The molecule has 0 aliphatic heterocycles. The lowest BCUT2D eigenvalue weighted by atomic mass is 9.92. The number of hydrogen-bond acceptors (Lipinski definition) is 3. The molecule has 0 heterocycles. The van der Waals surface area contributed by atoms with Crippen LogP contribution in [0, 0.1) is 0 Å². The van der Waals surface area contributed by atoms with Crippen LogP contribution in [-0.4, -0.2) is 5.78 Å². The number of anilines is 2. The zero-order chi connectivity index (χ0) is 19.5. The van der Waals surface area contributed by atoms with Crippen LogP contribution in [-0.2, 0) is 0 Å². The number of rotatable bonds is 4. The molecule has 0 aliphatic carbocycles. The minimum absolute atomic E-state index is 0.175. The fourth-order valence-electron chi connectivity index (χ4n) is 3.41. The molecule has 0 saturated heterocycles. The van der Waals surface area contributed by atoms with Gasteiger partial charge in [0.15, 0.2) is 5.78 Å². The molecule has 0 fully saturated rings. The van der Waals surface area contributed by atoms with Crippen LogP contribution in [0.1, 0.15) is 15.9 Å². The number of carbonyl (C=O) groups excluding carboxylic acids is 1. The number of nitrogens with two attached hydrogens (primary N) is 2. The summed E-state index contributed by atoms with van der Waals surface area (Å²) < 4.78 is 0. The summed E-state index contributed by atoms with van der Waals surface area (Å²) in [5.41, 5.74) is 18.2. The molecule has 0 bridgehead atoms. The third-order valence-corrected chi connectivity index (χ3v) is 4.87. The van der Waals surface area contributed by atoms with Gasteiger partial charge in [-0.05, 0) is 23.3 Å². The Balaban J connectivity index is 1.79. The quantitative estimate of drug-likeness (QED) is 0.375. The van der Waals surface area contributed by atoms with Crippen molar-refractivity contribution in [2.45, 2.75) is 0 Å². The average Bonchev–Trinajstić information content (AvgIpc) is 2.75. The number of nitrogen functional groups attached to an aromatic ring is 2. The van der Waals surface area contributed by atoms with Crippen molar-refractivity contribution < 1.29 is 4.79 Å². The van der Waals surface area contributed by atoms with E-state index in [-0.39, 0.29) is 5.78 Å². The van der Waals surface area contributed by atoms with Crippen molar-refractivity contribution in [2.75, 3.05) is 11.5 Å². The van der Waals surface area contributed by atoms with Crippen LogP contribution < -0.4 is 11.5 Å². The average molecular weight is 364 g/mol. The molecule has 0 spiro atoms. The fraction of sp³-hybridized carbons (Fsp3) is 0. The highest BCUT2D eigenvalue weighted by atomic mass is 16.1. The van der Waals surface area contributed by atoms with Crippen molar-refractivity contribution >= 4 is 17.2 Å². The minimum atomic E-state index is -0.175. The van der Waals surface area contributed by atoms with E-state index in [1.165, 1.54) is 0 Å². The largest absolute Gasteiger partial charge is 0.398 e. The highest BCUT2D eigenvalue weighted by Crippen LogP contribution is 2.33. The highest BCUT2D eigenvalue weighted by Gasteiger charge is 2.19. The molecule has 4 aromatic rings. The van der Waals surface area contributed by atoms with Crippen molar-refractivity contribution in [3.05, 3.63) is 108 Å². The van der Waals surface area contributed by atoms with Crippen molar-refractivity contribution in [2.24, 2.45) is 0 Å². The smallest absolute Gasteiger partial charge is 0.197 e. The molecule has 0 atom stereocenters. The van der Waals surface area contributed by atoms with Crippen LogP contribution in [0.15, 0.2) is 97.1 Å². The maximum atomic E-state index is 13.3. The van der Waals surface area contributed by atoms with Crippen LogP contribution in [0.3, 0.4) is 0 Å². The first-order valence-electron chi connectivity index (χ1n) is 9.09. The molecule has 136 valence electrons. The Kier molecular flexibility index (Phi) is 4.65. The summed E-state index contributed by atoms with van der Waals surface area (Å²) in [4.78, 5) is 13.3. The maximum absolute atomic E-state index is 13.3. The van der Waals surface area contributed by atoms with Crippen LogP contribution in [0.2, 0.25) is 0 Å². The molecule has 4 aromatic carbocycles. The third-order valence-electron chi connectivity index (χ3n) is 4.87. The van der Waals surface area contributed by atoms with Crippen molar-refractivity contribution in [3.63, 3.8) is 0 Å². The van der Waals surface area contributed by atoms with Gasteiger partial charge in [0, 0.05) is 22.3 Å². The van der Waals surface area contributed by atoms with E-state index in [4.69, 9.17) is 11.5 Å². The van der Waals surface area contributed by atoms with Gasteiger partial charge in [0.2, 0.25) is 0 Å². The first kappa shape index (κ1) is 17.6. The van der Waals surface area contributed by atoms with Gasteiger partial charge in [-0.1, -0.05) is 84.9 Å². The zero-order valence-electron chi connectivity index (χ0n) is 15.3.